The Morgan fingerprint density at radius 3 is 1.94 bits per heavy atom. The highest BCUT2D eigenvalue weighted by Crippen LogP contribution is 2.51. The van der Waals surface area contributed by atoms with E-state index in [9.17, 15) is 0 Å². The van der Waals surface area contributed by atoms with Crippen molar-refractivity contribution in [3.8, 4) is 62.1 Å². The Kier molecular flexibility index (Phi) is 7.84. The third-order valence-electron chi connectivity index (χ3n) is 13.9. The predicted octanol–water partition coefficient (Wildman–Crippen LogP) is 16.2. The summed E-state index contributed by atoms with van der Waals surface area (Å²) in [4.78, 5) is 15.7. The van der Waals surface area contributed by atoms with Gasteiger partial charge in [-0.15, -0.1) is 11.3 Å². The van der Waals surface area contributed by atoms with Gasteiger partial charge >= 0.3 is 0 Å². The lowest BCUT2D eigenvalue weighted by atomic mass is 9.82. The first-order chi connectivity index (χ1) is 32.5. The molecule has 0 radical (unpaired) electrons. The number of para-hydroxylation sites is 1. The monoisotopic (exact) mass is 862 g/mol. The standard InChI is InChI=1S/C60H38N4OS/c1-60(2)48-24-11-9-19-39(48)44-34-51-46(33-49(44)60)45-31-36(27-29-50(45)64(51)38-17-7-4-8-18-38)37-28-30-52-47(32-37)55-42(22-14-25-53(55)65-52)58-61-57(35-15-5-3-6-16-35)62-59(63-58)43-23-13-21-41-40-20-10-12-26-54(40)66-56(41)43/h3-34H,1-2H3. The molecule has 1 aliphatic rings. The molecule has 0 amide bonds. The summed E-state index contributed by atoms with van der Waals surface area (Å²) in [6, 6.07) is 69.4. The first-order valence-corrected chi connectivity index (χ1v) is 23.2. The molecule has 0 unspecified atom stereocenters. The summed E-state index contributed by atoms with van der Waals surface area (Å²) in [6.07, 6.45) is 0. The fourth-order valence-electron chi connectivity index (χ4n) is 10.7. The van der Waals surface area contributed by atoms with Crippen LogP contribution in [-0.2, 0) is 5.41 Å². The number of aromatic nitrogens is 4. The number of thiophene rings is 1. The summed E-state index contributed by atoms with van der Waals surface area (Å²) >= 11 is 1.78. The van der Waals surface area contributed by atoms with Gasteiger partial charge in [-0.05, 0) is 100 Å². The number of benzene rings is 9. The molecule has 4 aromatic heterocycles. The predicted molar refractivity (Wildman–Crippen MR) is 274 cm³/mol. The highest BCUT2D eigenvalue weighted by Gasteiger charge is 2.36. The van der Waals surface area contributed by atoms with Crippen molar-refractivity contribution in [3.63, 3.8) is 0 Å². The maximum Gasteiger partial charge on any atom is 0.165 e. The summed E-state index contributed by atoms with van der Waals surface area (Å²) in [5, 5.41) is 6.90. The molecule has 9 aromatic carbocycles. The van der Waals surface area contributed by atoms with Crippen LogP contribution in [0.2, 0.25) is 0 Å². The molecule has 14 rings (SSSR count). The quantitative estimate of drug-likeness (QED) is 0.173. The van der Waals surface area contributed by atoms with E-state index in [0.29, 0.717) is 17.5 Å². The molecular formula is C60H38N4OS. The van der Waals surface area contributed by atoms with Gasteiger partial charge in [0, 0.05) is 69.5 Å². The van der Waals surface area contributed by atoms with Crippen LogP contribution in [-0.4, -0.2) is 19.5 Å². The van der Waals surface area contributed by atoms with Crippen molar-refractivity contribution in [2.45, 2.75) is 19.3 Å². The van der Waals surface area contributed by atoms with E-state index in [1.807, 2.05) is 30.3 Å². The lowest BCUT2D eigenvalue weighted by Crippen LogP contribution is -2.14. The lowest BCUT2D eigenvalue weighted by Gasteiger charge is -2.21. The summed E-state index contributed by atoms with van der Waals surface area (Å²) in [6.45, 7) is 4.71. The second-order valence-electron chi connectivity index (χ2n) is 17.9. The zero-order chi connectivity index (χ0) is 43.7. The van der Waals surface area contributed by atoms with Crippen LogP contribution in [0.25, 0.3) is 126 Å². The maximum absolute atomic E-state index is 6.62. The van der Waals surface area contributed by atoms with Crippen LogP contribution in [0.5, 0.6) is 0 Å². The minimum Gasteiger partial charge on any atom is -0.456 e. The van der Waals surface area contributed by atoms with E-state index in [1.54, 1.807) is 11.3 Å². The number of rotatable bonds is 5. The lowest BCUT2D eigenvalue weighted by molar-refractivity contribution is 0.661. The van der Waals surface area contributed by atoms with Crippen molar-refractivity contribution < 1.29 is 4.42 Å². The highest BCUT2D eigenvalue weighted by atomic mass is 32.1. The second-order valence-corrected chi connectivity index (χ2v) is 19.0. The van der Waals surface area contributed by atoms with Crippen molar-refractivity contribution >= 4 is 75.3 Å². The van der Waals surface area contributed by atoms with Gasteiger partial charge in [0.05, 0.1) is 11.0 Å². The molecule has 0 aliphatic heterocycles. The van der Waals surface area contributed by atoms with Gasteiger partial charge in [0.1, 0.15) is 11.2 Å². The third kappa shape index (κ3) is 5.42. The van der Waals surface area contributed by atoms with E-state index >= 15 is 0 Å². The van der Waals surface area contributed by atoms with E-state index in [-0.39, 0.29) is 5.41 Å². The minimum atomic E-state index is -0.114. The maximum atomic E-state index is 6.62. The Bertz CT molecular complexity index is 4140. The first-order valence-electron chi connectivity index (χ1n) is 22.4. The Balaban J connectivity index is 0.962. The van der Waals surface area contributed by atoms with Gasteiger partial charge < -0.3 is 8.98 Å². The largest absolute Gasteiger partial charge is 0.456 e. The molecular weight excluding hydrogens is 825 g/mol. The number of nitrogens with zero attached hydrogens (tertiary/aromatic N) is 4. The molecule has 0 fully saturated rings. The third-order valence-corrected chi connectivity index (χ3v) is 15.1. The molecule has 310 valence electrons. The van der Waals surface area contributed by atoms with Crippen LogP contribution >= 0.6 is 11.3 Å². The molecule has 6 heteroatoms. The van der Waals surface area contributed by atoms with Crippen molar-refractivity contribution in [3.05, 3.63) is 205 Å². The van der Waals surface area contributed by atoms with Gasteiger partial charge in [-0.2, -0.15) is 0 Å². The molecule has 66 heavy (non-hydrogen) atoms. The molecule has 13 aromatic rings. The molecule has 0 spiro atoms. The normalized spacial score (nSPS) is 13.1. The zero-order valence-electron chi connectivity index (χ0n) is 36.1. The Morgan fingerprint density at radius 2 is 1.08 bits per heavy atom. The average molecular weight is 863 g/mol. The van der Waals surface area contributed by atoms with Crippen LogP contribution in [0.4, 0.5) is 0 Å². The van der Waals surface area contributed by atoms with Gasteiger partial charge in [0.25, 0.3) is 0 Å². The molecule has 0 saturated carbocycles. The van der Waals surface area contributed by atoms with Crippen LogP contribution in [0.1, 0.15) is 25.0 Å². The van der Waals surface area contributed by atoms with Crippen LogP contribution in [0.15, 0.2) is 199 Å². The van der Waals surface area contributed by atoms with Crippen molar-refractivity contribution in [2.24, 2.45) is 0 Å². The molecule has 0 saturated heterocycles. The fraction of sp³-hybridized carbons (Fsp3) is 0.0500. The Labute approximate surface area is 383 Å². The topological polar surface area (TPSA) is 56.7 Å². The van der Waals surface area contributed by atoms with E-state index < -0.39 is 0 Å². The van der Waals surface area contributed by atoms with Crippen molar-refractivity contribution in [1.29, 1.82) is 0 Å². The second kappa shape index (κ2) is 13.9. The van der Waals surface area contributed by atoms with Crippen LogP contribution in [0, 0.1) is 0 Å². The molecule has 4 heterocycles. The summed E-state index contributed by atoms with van der Waals surface area (Å²) < 4.78 is 11.4. The smallest absolute Gasteiger partial charge is 0.165 e. The highest BCUT2D eigenvalue weighted by molar-refractivity contribution is 7.26. The summed E-state index contributed by atoms with van der Waals surface area (Å²) in [5.41, 5.74) is 15.4. The fourth-order valence-corrected chi connectivity index (χ4v) is 11.9. The Hall–Kier alpha value is -8.19. The van der Waals surface area contributed by atoms with Gasteiger partial charge in [0.2, 0.25) is 0 Å². The summed E-state index contributed by atoms with van der Waals surface area (Å²) in [7, 11) is 0. The summed E-state index contributed by atoms with van der Waals surface area (Å²) in [5.74, 6) is 1.87. The number of fused-ring (bicyclic) bond motifs is 12. The zero-order valence-corrected chi connectivity index (χ0v) is 36.9. The number of furan rings is 1. The van der Waals surface area contributed by atoms with E-state index in [1.165, 1.54) is 59.5 Å². The Morgan fingerprint density at radius 1 is 0.424 bits per heavy atom. The van der Waals surface area contributed by atoms with Gasteiger partial charge in [-0.1, -0.05) is 141 Å². The van der Waals surface area contributed by atoms with E-state index in [0.717, 1.165) is 60.1 Å². The van der Waals surface area contributed by atoms with Crippen LogP contribution in [0.3, 0.4) is 0 Å². The molecule has 5 nitrogen and oxygen atoms in total. The molecule has 0 bridgehead atoms. The van der Waals surface area contributed by atoms with Gasteiger partial charge in [-0.3, -0.25) is 0 Å². The van der Waals surface area contributed by atoms with Gasteiger partial charge in [-0.25, -0.2) is 15.0 Å². The SMILES string of the molecule is CC1(C)c2ccccc2-c2cc3c(cc21)c1cc(-c2ccc4oc5cccc(-c6nc(-c7ccccc7)nc(-c7cccc8c7sc7ccccc78)n6)c5c4c2)ccc1n3-c1ccccc1. The van der Waals surface area contributed by atoms with E-state index in [2.05, 4.69) is 182 Å². The average Bonchev–Trinajstić information content (AvgIpc) is 4.10. The van der Waals surface area contributed by atoms with E-state index in [4.69, 9.17) is 19.4 Å². The van der Waals surface area contributed by atoms with Gasteiger partial charge in [0.15, 0.2) is 17.5 Å². The molecule has 0 N–H and O–H groups in total. The number of hydrogen-bond donors (Lipinski definition) is 0. The van der Waals surface area contributed by atoms with Crippen molar-refractivity contribution in [2.75, 3.05) is 0 Å². The molecule has 0 atom stereocenters. The van der Waals surface area contributed by atoms with Crippen molar-refractivity contribution in [1.82, 2.24) is 19.5 Å². The molecule has 1 aliphatic carbocycles. The number of hydrogen-bond acceptors (Lipinski definition) is 5. The first kappa shape index (κ1) is 37.2. The van der Waals surface area contributed by atoms with Crippen LogP contribution < -0.4 is 0 Å². The minimum absolute atomic E-state index is 0.114.